The van der Waals surface area contributed by atoms with Gasteiger partial charge < -0.3 is 14.5 Å². The lowest BCUT2D eigenvalue weighted by molar-refractivity contribution is -0.134. The number of aromatic nitrogens is 2. The van der Waals surface area contributed by atoms with Gasteiger partial charge in [0.25, 0.3) is 0 Å². The van der Waals surface area contributed by atoms with Gasteiger partial charge in [0, 0.05) is 31.9 Å². The number of hydrogen-bond acceptors (Lipinski definition) is 5. The van der Waals surface area contributed by atoms with E-state index in [4.69, 9.17) is 4.74 Å². The van der Waals surface area contributed by atoms with Crippen LogP contribution in [0, 0.1) is 5.82 Å². The van der Waals surface area contributed by atoms with E-state index in [-0.39, 0.29) is 30.3 Å². The van der Waals surface area contributed by atoms with Crippen LogP contribution in [0.15, 0.2) is 42.6 Å². The molecule has 29 heavy (non-hydrogen) atoms. The summed E-state index contributed by atoms with van der Waals surface area (Å²) in [4.78, 5) is 30.0. The van der Waals surface area contributed by atoms with Crippen molar-refractivity contribution < 1.29 is 18.7 Å². The molecule has 1 aromatic carbocycles. The Kier molecular flexibility index (Phi) is 5.55. The number of ether oxygens (including phenoxy) is 1. The molecule has 1 aromatic heterocycles. The van der Waals surface area contributed by atoms with Gasteiger partial charge in [-0.25, -0.2) is 9.18 Å². The zero-order chi connectivity index (χ0) is 20.2. The Morgan fingerprint density at radius 1 is 1.17 bits per heavy atom. The third-order valence-corrected chi connectivity index (χ3v) is 5.13. The van der Waals surface area contributed by atoms with Crippen molar-refractivity contribution in [3.63, 3.8) is 0 Å². The maximum Gasteiger partial charge on any atom is 0.325 e. The Bertz CT molecular complexity index is 881. The molecule has 2 saturated heterocycles. The average Bonchev–Trinajstić information content (AvgIpc) is 3.09. The normalized spacial score (nSPS) is 19.6. The van der Waals surface area contributed by atoms with Crippen molar-refractivity contribution in [2.75, 3.05) is 37.6 Å². The first-order valence-electron chi connectivity index (χ1n) is 9.65. The predicted octanol–water partition coefficient (Wildman–Crippen LogP) is 1.93. The Morgan fingerprint density at radius 2 is 2.03 bits per heavy atom. The second-order valence-corrected chi connectivity index (χ2v) is 7.09. The number of carbonyl (C=O) groups is 2. The van der Waals surface area contributed by atoms with Gasteiger partial charge in [-0.05, 0) is 31.0 Å². The molecular weight excluding hydrogens is 377 g/mol. The van der Waals surface area contributed by atoms with Crippen LogP contribution < -0.4 is 9.64 Å². The summed E-state index contributed by atoms with van der Waals surface area (Å²) in [5.41, 5.74) is 0.239. The van der Waals surface area contributed by atoms with Gasteiger partial charge in [0.15, 0.2) is 0 Å². The number of piperidine rings is 1. The van der Waals surface area contributed by atoms with Crippen molar-refractivity contribution in [1.29, 1.82) is 0 Å². The number of likely N-dealkylation sites (tertiary alicyclic amines) is 1. The molecule has 3 heterocycles. The van der Waals surface area contributed by atoms with Crippen LogP contribution in [0.25, 0.3) is 0 Å². The first-order chi connectivity index (χ1) is 14.1. The molecule has 9 heteroatoms. The van der Waals surface area contributed by atoms with Crippen LogP contribution in [0.5, 0.6) is 5.88 Å². The van der Waals surface area contributed by atoms with Crippen LogP contribution >= 0.6 is 0 Å². The van der Waals surface area contributed by atoms with Crippen molar-refractivity contribution in [2.45, 2.75) is 18.9 Å². The van der Waals surface area contributed by atoms with Crippen LogP contribution in [0.2, 0.25) is 0 Å². The summed E-state index contributed by atoms with van der Waals surface area (Å²) in [6.07, 6.45) is 3.05. The van der Waals surface area contributed by atoms with E-state index in [1.165, 1.54) is 15.9 Å². The molecule has 1 unspecified atom stereocenters. The van der Waals surface area contributed by atoms with Crippen LogP contribution in [0.1, 0.15) is 12.8 Å². The first kappa shape index (κ1) is 19.1. The van der Waals surface area contributed by atoms with Crippen molar-refractivity contribution in [3.05, 3.63) is 48.4 Å². The number of rotatable bonds is 5. The first-order valence-corrected chi connectivity index (χ1v) is 9.65. The van der Waals surface area contributed by atoms with Gasteiger partial charge in [-0.2, -0.15) is 5.10 Å². The third kappa shape index (κ3) is 4.28. The highest BCUT2D eigenvalue weighted by Gasteiger charge is 2.34. The zero-order valence-electron chi connectivity index (χ0n) is 15.9. The minimum Gasteiger partial charge on any atom is -0.471 e. The summed E-state index contributed by atoms with van der Waals surface area (Å²) in [7, 11) is 0. The molecule has 3 amide bonds. The quantitative estimate of drug-likeness (QED) is 0.768. The van der Waals surface area contributed by atoms with Crippen LogP contribution in [-0.4, -0.2) is 70.8 Å². The molecule has 0 radical (unpaired) electrons. The molecule has 152 valence electrons. The SMILES string of the molecule is O=C(CN1CCN(c2ccccc2F)C1=O)N1CCCC(Oc2cccnn2)C1. The van der Waals surface area contributed by atoms with E-state index >= 15 is 0 Å². The Hall–Kier alpha value is -3.23. The number of benzene rings is 1. The summed E-state index contributed by atoms with van der Waals surface area (Å²) in [5, 5.41) is 7.70. The van der Waals surface area contributed by atoms with E-state index in [1.807, 2.05) is 0 Å². The van der Waals surface area contributed by atoms with E-state index in [2.05, 4.69) is 10.2 Å². The number of carbonyl (C=O) groups excluding carboxylic acids is 2. The summed E-state index contributed by atoms with van der Waals surface area (Å²) < 4.78 is 19.8. The lowest BCUT2D eigenvalue weighted by atomic mass is 10.1. The number of nitrogens with zero attached hydrogens (tertiary/aromatic N) is 5. The molecule has 8 nitrogen and oxygen atoms in total. The third-order valence-electron chi connectivity index (χ3n) is 5.13. The van der Waals surface area contributed by atoms with Crippen molar-refractivity contribution in [2.24, 2.45) is 0 Å². The molecule has 2 aliphatic heterocycles. The number of para-hydroxylation sites is 1. The smallest absolute Gasteiger partial charge is 0.325 e. The zero-order valence-corrected chi connectivity index (χ0v) is 15.9. The molecular formula is C20H22FN5O3. The maximum absolute atomic E-state index is 14.0. The van der Waals surface area contributed by atoms with Gasteiger partial charge in [0.1, 0.15) is 18.5 Å². The van der Waals surface area contributed by atoms with Gasteiger partial charge in [-0.15, -0.1) is 5.10 Å². The molecule has 0 saturated carbocycles. The summed E-state index contributed by atoms with van der Waals surface area (Å²) in [5.74, 6) is -0.155. The second kappa shape index (κ2) is 8.42. The number of amides is 3. The predicted molar refractivity (Wildman–Crippen MR) is 103 cm³/mol. The lowest BCUT2D eigenvalue weighted by Gasteiger charge is -2.33. The van der Waals surface area contributed by atoms with E-state index in [0.717, 1.165) is 12.8 Å². The monoisotopic (exact) mass is 399 g/mol. The van der Waals surface area contributed by atoms with Gasteiger partial charge in [0.2, 0.25) is 11.8 Å². The molecule has 2 aromatic rings. The van der Waals surface area contributed by atoms with Gasteiger partial charge in [-0.3, -0.25) is 9.69 Å². The summed E-state index contributed by atoms with van der Waals surface area (Å²) in [6.45, 7) is 1.77. The van der Waals surface area contributed by atoms with Gasteiger partial charge in [0.05, 0.1) is 12.2 Å². The molecule has 4 rings (SSSR count). The minimum atomic E-state index is -0.450. The van der Waals surface area contributed by atoms with Gasteiger partial charge >= 0.3 is 6.03 Å². The maximum atomic E-state index is 14.0. The fourth-order valence-electron chi connectivity index (χ4n) is 3.67. The topological polar surface area (TPSA) is 78.9 Å². The highest BCUT2D eigenvalue weighted by Crippen LogP contribution is 2.23. The minimum absolute atomic E-state index is 0.0261. The number of halogens is 1. The van der Waals surface area contributed by atoms with Crippen LogP contribution in [-0.2, 0) is 4.79 Å². The van der Waals surface area contributed by atoms with Crippen LogP contribution in [0.4, 0.5) is 14.9 Å². The Labute approximate surface area is 167 Å². The largest absolute Gasteiger partial charge is 0.471 e. The molecule has 0 N–H and O–H groups in total. The Morgan fingerprint density at radius 3 is 2.83 bits per heavy atom. The van der Waals surface area contributed by atoms with E-state index in [1.54, 1.807) is 41.4 Å². The van der Waals surface area contributed by atoms with Gasteiger partial charge in [-0.1, -0.05) is 12.1 Å². The molecule has 0 bridgehead atoms. The molecule has 0 aliphatic carbocycles. The van der Waals surface area contributed by atoms with E-state index < -0.39 is 5.82 Å². The average molecular weight is 399 g/mol. The number of urea groups is 1. The summed E-state index contributed by atoms with van der Waals surface area (Å²) >= 11 is 0. The molecule has 2 aliphatic rings. The van der Waals surface area contributed by atoms with Crippen molar-refractivity contribution in [1.82, 2.24) is 20.0 Å². The Balaban J connectivity index is 1.34. The molecule has 0 spiro atoms. The number of hydrogen-bond donors (Lipinski definition) is 0. The van der Waals surface area contributed by atoms with Crippen molar-refractivity contribution >= 4 is 17.6 Å². The molecule has 2 fully saturated rings. The highest BCUT2D eigenvalue weighted by atomic mass is 19.1. The standard InChI is InChI=1S/C20H22FN5O3/c21-16-6-1-2-7-17(16)26-12-11-25(20(26)28)14-19(27)24-10-4-5-15(13-24)29-18-8-3-9-22-23-18/h1-3,6-9,15H,4-5,10-14H2. The highest BCUT2D eigenvalue weighted by molar-refractivity contribution is 5.96. The van der Waals surface area contributed by atoms with E-state index in [0.29, 0.717) is 32.1 Å². The number of anilines is 1. The summed E-state index contributed by atoms with van der Waals surface area (Å²) in [6, 6.07) is 9.27. The molecule has 1 atom stereocenters. The fourth-order valence-corrected chi connectivity index (χ4v) is 3.67. The van der Waals surface area contributed by atoms with Crippen molar-refractivity contribution in [3.8, 4) is 5.88 Å². The van der Waals surface area contributed by atoms with E-state index in [9.17, 15) is 14.0 Å². The van der Waals surface area contributed by atoms with Crippen LogP contribution in [0.3, 0.4) is 0 Å². The lowest BCUT2D eigenvalue weighted by Crippen LogP contribution is -2.48. The fraction of sp³-hybridized carbons (Fsp3) is 0.400. The second-order valence-electron chi connectivity index (χ2n) is 7.09.